The number of nitrogens with two attached hydrogens (primary N) is 1. The largest absolute Gasteiger partial charge is 0.329 e. The van der Waals surface area contributed by atoms with Crippen LogP contribution in [0.1, 0.15) is 26.7 Å². The molecule has 20 heavy (non-hydrogen) atoms. The van der Waals surface area contributed by atoms with Crippen molar-refractivity contribution in [2.45, 2.75) is 37.1 Å². The Morgan fingerprint density at radius 1 is 1.25 bits per heavy atom. The summed E-state index contributed by atoms with van der Waals surface area (Å²) in [6, 6.07) is 1.43. The lowest BCUT2D eigenvalue weighted by Crippen LogP contribution is -2.52. The van der Waals surface area contributed by atoms with Crippen molar-refractivity contribution < 1.29 is 17.2 Å². The number of hydrogen-bond acceptors (Lipinski definition) is 3. The van der Waals surface area contributed by atoms with Crippen LogP contribution in [0.4, 0.5) is 8.78 Å². The van der Waals surface area contributed by atoms with Crippen LogP contribution in [-0.2, 0) is 10.0 Å². The topological polar surface area (TPSA) is 72.2 Å². The van der Waals surface area contributed by atoms with Gasteiger partial charge in [0.25, 0.3) is 0 Å². The molecule has 1 rings (SSSR count). The standard InChI is InChI=1S/C12H17BrF2N2O2S/c1-3-12(4-2,7-16)17-20(18,19)11-6-9(14)8(13)5-10(11)15/h5-6,17H,3-4,7,16H2,1-2H3. The molecule has 0 bridgehead atoms. The van der Waals surface area contributed by atoms with Crippen molar-refractivity contribution in [2.75, 3.05) is 6.54 Å². The Bertz CT molecular complexity index is 581. The van der Waals surface area contributed by atoms with Gasteiger partial charge in [-0.25, -0.2) is 21.9 Å². The number of rotatable bonds is 6. The van der Waals surface area contributed by atoms with Crippen molar-refractivity contribution >= 4 is 26.0 Å². The second kappa shape index (κ2) is 6.46. The SMILES string of the molecule is CCC(CC)(CN)NS(=O)(=O)c1cc(F)c(Br)cc1F. The maximum Gasteiger partial charge on any atom is 0.244 e. The van der Waals surface area contributed by atoms with Crippen LogP contribution in [0.15, 0.2) is 21.5 Å². The molecule has 0 aliphatic carbocycles. The molecule has 0 aromatic heterocycles. The average molecular weight is 371 g/mol. The van der Waals surface area contributed by atoms with Crippen LogP contribution in [0.2, 0.25) is 0 Å². The Balaban J connectivity index is 3.28. The highest BCUT2D eigenvalue weighted by molar-refractivity contribution is 9.10. The predicted octanol–water partition coefficient (Wildman–Crippen LogP) is 2.52. The molecule has 0 unspecified atom stereocenters. The van der Waals surface area contributed by atoms with E-state index in [1.807, 2.05) is 0 Å². The molecular weight excluding hydrogens is 354 g/mol. The van der Waals surface area contributed by atoms with Gasteiger partial charge in [-0.3, -0.25) is 0 Å². The molecular formula is C12H17BrF2N2O2S. The Morgan fingerprint density at radius 2 is 1.80 bits per heavy atom. The van der Waals surface area contributed by atoms with Crippen LogP contribution in [0.25, 0.3) is 0 Å². The molecule has 0 radical (unpaired) electrons. The Morgan fingerprint density at radius 3 is 2.25 bits per heavy atom. The van der Waals surface area contributed by atoms with Gasteiger partial charge < -0.3 is 5.73 Å². The average Bonchev–Trinajstić information content (AvgIpc) is 2.40. The van der Waals surface area contributed by atoms with E-state index in [9.17, 15) is 17.2 Å². The number of halogens is 3. The van der Waals surface area contributed by atoms with E-state index in [0.29, 0.717) is 18.9 Å². The molecule has 0 fully saturated rings. The third-order valence-corrected chi connectivity index (χ3v) is 5.56. The zero-order valence-corrected chi connectivity index (χ0v) is 13.6. The summed E-state index contributed by atoms with van der Waals surface area (Å²) in [5.41, 5.74) is 4.74. The van der Waals surface area contributed by atoms with Crippen LogP contribution in [0, 0.1) is 11.6 Å². The predicted molar refractivity (Wildman–Crippen MR) is 76.7 cm³/mol. The molecule has 0 atom stereocenters. The van der Waals surface area contributed by atoms with E-state index in [0.717, 1.165) is 6.07 Å². The summed E-state index contributed by atoms with van der Waals surface area (Å²) in [5, 5.41) is 0. The fraction of sp³-hybridized carbons (Fsp3) is 0.500. The van der Waals surface area contributed by atoms with Crippen LogP contribution in [-0.4, -0.2) is 20.5 Å². The van der Waals surface area contributed by atoms with Gasteiger partial charge in [0.05, 0.1) is 4.47 Å². The summed E-state index contributed by atoms with van der Waals surface area (Å²) >= 11 is 2.80. The summed E-state index contributed by atoms with van der Waals surface area (Å²) in [5.74, 6) is -1.87. The molecule has 0 saturated heterocycles. The molecule has 114 valence electrons. The fourth-order valence-corrected chi connectivity index (χ4v) is 3.72. The molecule has 1 aromatic carbocycles. The zero-order chi connectivity index (χ0) is 15.6. The van der Waals surface area contributed by atoms with E-state index >= 15 is 0 Å². The van der Waals surface area contributed by atoms with Crippen LogP contribution >= 0.6 is 15.9 Å². The molecule has 4 nitrogen and oxygen atoms in total. The molecule has 0 heterocycles. The highest BCUT2D eigenvalue weighted by atomic mass is 79.9. The van der Waals surface area contributed by atoms with Gasteiger partial charge in [0.2, 0.25) is 10.0 Å². The lowest BCUT2D eigenvalue weighted by molar-refractivity contribution is 0.362. The maximum absolute atomic E-state index is 13.8. The zero-order valence-electron chi connectivity index (χ0n) is 11.2. The number of nitrogens with one attached hydrogen (secondary N) is 1. The molecule has 1 aromatic rings. The molecule has 0 aliphatic rings. The van der Waals surface area contributed by atoms with Gasteiger partial charge in [-0.05, 0) is 40.9 Å². The molecule has 8 heteroatoms. The Kier molecular flexibility index (Phi) is 5.65. The van der Waals surface area contributed by atoms with Gasteiger partial charge in [0.1, 0.15) is 16.5 Å². The van der Waals surface area contributed by atoms with Gasteiger partial charge in [-0.2, -0.15) is 0 Å². The van der Waals surface area contributed by atoms with Crippen LogP contribution in [0.5, 0.6) is 0 Å². The normalized spacial score (nSPS) is 12.7. The van der Waals surface area contributed by atoms with Crippen molar-refractivity contribution in [1.29, 1.82) is 0 Å². The summed E-state index contributed by atoms with van der Waals surface area (Å²) < 4.78 is 53.9. The first-order valence-electron chi connectivity index (χ1n) is 6.10. The fourth-order valence-electron chi connectivity index (χ4n) is 1.77. The summed E-state index contributed by atoms with van der Waals surface area (Å²) in [6.45, 7) is 3.62. The Hall–Kier alpha value is -0.570. The van der Waals surface area contributed by atoms with Gasteiger partial charge >= 0.3 is 0 Å². The Labute approximate surface area is 125 Å². The smallest absolute Gasteiger partial charge is 0.244 e. The van der Waals surface area contributed by atoms with Gasteiger partial charge in [-0.15, -0.1) is 0 Å². The van der Waals surface area contributed by atoms with Crippen molar-refractivity contribution in [3.63, 3.8) is 0 Å². The number of hydrogen-bond donors (Lipinski definition) is 2. The minimum absolute atomic E-state index is 0.0693. The van der Waals surface area contributed by atoms with Gasteiger partial charge in [0.15, 0.2) is 0 Å². The quantitative estimate of drug-likeness (QED) is 0.755. The highest BCUT2D eigenvalue weighted by Crippen LogP contribution is 2.25. The van der Waals surface area contributed by atoms with Crippen molar-refractivity contribution in [1.82, 2.24) is 4.72 Å². The first-order chi connectivity index (χ1) is 9.21. The minimum atomic E-state index is -4.19. The number of sulfonamides is 1. The van der Waals surface area contributed by atoms with Crippen LogP contribution in [0.3, 0.4) is 0 Å². The van der Waals surface area contributed by atoms with E-state index in [2.05, 4.69) is 20.7 Å². The van der Waals surface area contributed by atoms with E-state index < -0.39 is 32.1 Å². The first kappa shape index (κ1) is 17.5. The first-order valence-corrected chi connectivity index (χ1v) is 8.37. The van der Waals surface area contributed by atoms with E-state index in [4.69, 9.17) is 5.73 Å². The monoisotopic (exact) mass is 370 g/mol. The van der Waals surface area contributed by atoms with E-state index in [1.54, 1.807) is 13.8 Å². The van der Waals surface area contributed by atoms with Crippen molar-refractivity contribution in [3.05, 3.63) is 28.2 Å². The second-order valence-electron chi connectivity index (χ2n) is 4.49. The lowest BCUT2D eigenvalue weighted by Gasteiger charge is -2.31. The van der Waals surface area contributed by atoms with Gasteiger partial charge in [0, 0.05) is 12.1 Å². The molecule has 3 N–H and O–H groups in total. The van der Waals surface area contributed by atoms with Crippen molar-refractivity contribution in [3.8, 4) is 0 Å². The molecule has 0 spiro atoms. The summed E-state index contributed by atoms with van der Waals surface area (Å²) in [4.78, 5) is -0.724. The van der Waals surface area contributed by atoms with Crippen molar-refractivity contribution in [2.24, 2.45) is 5.73 Å². The van der Waals surface area contributed by atoms with E-state index in [-0.39, 0.29) is 11.0 Å². The summed E-state index contributed by atoms with van der Waals surface area (Å²) in [6.07, 6.45) is 0.889. The molecule has 0 aliphatic heterocycles. The molecule has 0 saturated carbocycles. The second-order valence-corrected chi connectivity index (χ2v) is 7.00. The molecule has 0 amide bonds. The summed E-state index contributed by atoms with van der Waals surface area (Å²) in [7, 11) is -4.19. The minimum Gasteiger partial charge on any atom is -0.329 e. The van der Waals surface area contributed by atoms with E-state index in [1.165, 1.54) is 0 Å². The third kappa shape index (κ3) is 3.55. The van der Waals surface area contributed by atoms with Gasteiger partial charge in [-0.1, -0.05) is 13.8 Å². The number of benzene rings is 1. The maximum atomic E-state index is 13.8. The third-order valence-electron chi connectivity index (χ3n) is 3.36. The van der Waals surface area contributed by atoms with Crippen LogP contribution < -0.4 is 10.5 Å². The highest BCUT2D eigenvalue weighted by Gasteiger charge is 2.32. The lowest BCUT2D eigenvalue weighted by atomic mass is 9.95.